The first-order chi connectivity index (χ1) is 9.43. The highest BCUT2D eigenvalue weighted by atomic mass is 16.4. The Morgan fingerprint density at radius 2 is 1.75 bits per heavy atom. The van der Waals surface area contributed by atoms with Crippen LogP contribution in [0.5, 0.6) is 0 Å². The van der Waals surface area contributed by atoms with E-state index in [1.54, 1.807) is 13.8 Å². The van der Waals surface area contributed by atoms with Crippen LogP contribution in [0.1, 0.15) is 39.5 Å². The SMILES string of the molecule is CCC(CC)(CNC(=O)NCC(=O)NC1CC1)C(=O)O. The van der Waals surface area contributed by atoms with Crippen LogP contribution in [0.15, 0.2) is 0 Å². The van der Waals surface area contributed by atoms with Crippen LogP contribution in [0.4, 0.5) is 4.79 Å². The zero-order valence-corrected chi connectivity index (χ0v) is 12.0. The minimum absolute atomic E-state index is 0.0470. The normalized spacial score (nSPS) is 14.5. The number of hydrogen-bond acceptors (Lipinski definition) is 3. The molecule has 1 aliphatic rings. The summed E-state index contributed by atoms with van der Waals surface area (Å²) in [6, 6.07) is -0.268. The number of rotatable bonds is 8. The fourth-order valence-corrected chi connectivity index (χ4v) is 1.86. The van der Waals surface area contributed by atoms with Crippen molar-refractivity contribution in [2.75, 3.05) is 13.1 Å². The second-order valence-corrected chi connectivity index (χ2v) is 5.17. The van der Waals surface area contributed by atoms with Gasteiger partial charge in [0, 0.05) is 12.6 Å². The van der Waals surface area contributed by atoms with E-state index in [2.05, 4.69) is 16.0 Å². The van der Waals surface area contributed by atoms with Crippen molar-refractivity contribution in [2.45, 2.75) is 45.6 Å². The van der Waals surface area contributed by atoms with E-state index in [1.807, 2.05) is 0 Å². The molecule has 1 rings (SSSR count). The third-order valence-electron chi connectivity index (χ3n) is 3.75. The second-order valence-electron chi connectivity index (χ2n) is 5.17. The smallest absolute Gasteiger partial charge is 0.315 e. The Morgan fingerprint density at radius 3 is 2.20 bits per heavy atom. The molecule has 0 unspecified atom stereocenters. The highest BCUT2D eigenvalue weighted by Gasteiger charge is 2.35. The Kier molecular flexibility index (Phi) is 5.79. The molecular formula is C13H23N3O4. The molecular weight excluding hydrogens is 262 g/mol. The third-order valence-corrected chi connectivity index (χ3v) is 3.75. The molecule has 0 aromatic heterocycles. The number of hydrogen-bond donors (Lipinski definition) is 4. The van der Waals surface area contributed by atoms with Gasteiger partial charge in [-0.3, -0.25) is 9.59 Å². The van der Waals surface area contributed by atoms with Crippen molar-refractivity contribution in [1.29, 1.82) is 0 Å². The Hall–Kier alpha value is -1.79. The maximum atomic E-state index is 11.6. The molecule has 4 N–H and O–H groups in total. The van der Waals surface area contributed by atoms with Crippen molar-refractivity contribution < 1.29 is 19.5 Å². The van der Waals surface area contributed by atoms with E-state index < -0.39 is 17.4 Å². The predicted molar refractivity (Wildman–Crippen MR) is 73.2 cm³/mol. The summed E-state index contributed by atoms with van der Waals surface area (Å²) in [5, 5.41) is 16.9. The molecule has 0 atom stereocenters. The van der Waals surface area contributed by atoms with E-state index in [4.69, 9.17) is 0 Å². The average molecular weight is 285 g/mol. The monoisotopic (exact) mass is 285 g/mol. The molecule has 0 bridgehead atoms. The van der Waals surface area contributed by atoms with E-state index in [9.17, 15) is 19.5 Å². The zero-order chi connectivity index (χ0) is 15.2. The van der Waals surface area contributed by atoms with Crippen molar-refractivity contribution in [2.24, 2.45) is 5.41 Å². The number of carboxylic acids is 1. The molecule has 1 aliphatic carbocycles. The summed E-state index contributed by atoms with van der Waals surface area (Å²) >= 11 is 0. The largest absolute Gasteiger partial charge is 0.481 e. The van der Waals surface area contributed by atoms with Gasteiger partial charge in [-0.25, -0.2) is 4.79 Å². The first-order valence-corrected chi connectivity index (χ1v) is 6.98. The lowest BCUT2D eigenvalue weighted by Gasteiger charge is -2.26. The standard InChI is InChI=1S/C13H23N3O4/c1-3-13(4-2,11(18)19)8-15-12(20)14-7-10(17)16-9-5-6-9/h9H,3-8H2,1-2H3,(H,16,17)(H,18,19)(H2,14,15,20). The number of carbonyl (C=O) groups is 3. The fourth-order valence-electron chi connectivity index (χ4n) is 1.86. The number of aliphatic carboxylic acids is 1. The van der Waals surface area contributed by atoms with Crippen molar-refractivity contribution in [3.8, 4) is 0 Å². The maximum absolute atomic E-state index is 11.6. The number of urea groups is 1. The molecule has 7 nitrogen and oxygen atoms in total. The van der Waals surface area contributed by atoms with Crippen molar-refractivity contribution >= 4 is 17.9 Å². The van der Waals surface area contributed by atoms with E-state index in [0.717, 1.165) is 12.8 Å². The van der Waals surface area contributed by atoms with Gasteiger partial charge in [-0.15, -0.1) is 0 Å². The Labute approximate surface area is 118 Å². The molecule has 1 fully saturated rings. The van der Waals surface area contributed by atoms with Crippen molar-refractivity contribution in [1.82, 2.24) is 16.0 Å². The van der Waals surface area contributed by atoms with Crippen LogP contribution >= 0.6 is 0 Å². The number of carbonyl (C=O) groups excluding carboxylic acids is 2. The molecule has 0 heterocycles. The molecule has 0 aromatic rings. The van der Waals surface area contributed by atoms with Crippen LogP contribution in [0.2, 0.25) is 0 Å². The summed E-state index contributed by atoms with van der Waals surface area (Å²) in [6.07, 6.45) is 2.85. The average Bonchev–Trinajstić information content (AvgIpc) is 3.21. The molecule has 0 spiro atoms. The molecule has 0 radical (unpaired) electrons. The summed E-state index contributed by atoms with van der Waals surface area (Å²) in [4.78, 5) is 34.2. The van der Waals surface area contributed by atoms with Gasteiger partial charge < -0.3 is 21.1 Å². The molecule has 7 heteroatoms. The van der Waals surface area contributed by atoms with Crippen LogP contribution in [0.25, 0.3) is 0 Å². The summed E-state index contributed by atoms with van der Waals surface area (Å²) < 4.78 is 0. The van der Waals surface area contributed by atoms with Gasteiger partial charge in [0.15, 0.2) is 0 Å². The minimum atomic E-state index is -0.951. The van der Waals surface area contributed by atoms with Crippen LogP contribution in [0.3, 0.4) is 0 Å². The van der Waals surface area contributed by atoms with Crippen LogP contribution in [-0.2, 0) is 9.59 Å². The summed E-state index contributed by atoms with van der Waals surface area (Å²) in [5.74, 6) is -1.15. The Balaban J connectivity index is 2.30. The molecule has 20 heavy (non-hydrogen) atoms. The quantitative estimate of drug-likeness (QED) is 0.519. The molecule has 1 saturated carbocycles. The molecule has 0 aromatic carbocycles. The van der Waals surface area contributed by atoms with E-state index in [0.29, 0.717) is 12.8 Å². The molecule has 3 amide bonds. The first-order valence-electron chi connectivity index (χ1n) is 6.98. The first kappa shape index (κ1) is 16.3. The van der Waals surface area contributed by atoms with E-state index in [-0.39, 0.29) is 25.0 Å². The summed E-state index contributed by atoms with van der Waals surface area (Å²) in [7, 11) is 0. The predicted octanol–water partition coefficient (Wildman–Crippen LogP) is 0.455. The third kappa shape index (κ3) is 4.71. The highest BCUT2D eigenvalue weighted by molar-refractivity contribution is 5.84. The second kappa shape index (κ2) is 7.12. The topological polar surface area (TPSA) is 108 Å². The summed E-state index contributed by atoms with van der Waals surface area (Å²) in [6.45, 7) is 3.51. The lowest BCUT2D eigenvalue weighted by atomic mass is 9.82. The summed E-state index contributed by atoms with van der Waals surface area (Å²) in [5.41, 5.74) is -0.951. The number of nitrogens with one attached hydrogen (secondary N) is 3. The number of carboxylic acid groups (broad SMARTS) is 1. The van der Waals surface area contributed by atoms with Gasteiger partial charge in [-0.2, -0.15) is 0 Å². The van der Waals surface area contributed by atoms with Gasteiger partial charge in [0.25, 0.3) is 0 Å². The fraction of sp³-hybridized carbons (Fsp3) is 0.769. The lowest BCUT2D eigenvalue weighted by molar-refractivity contribution is -0.149. The minimum Gasteiger partial charge on any atom is -0.481 e. The Morgan fingerprint density at radius 1 is 1.15 bits per heavy atom. The van der Waals surface area contributed by atoms with Gasteiger partial charge >= 0.3 is 12.0 Å². The van der Waals surface area contributed by atoms with Gasteiger partial charge in [0.2, 0.25) is 5.91 Å². The lowest BCUT2D eigenvalue weighted by Crippen LogP contribution is -2.48. The highest BCUT2D eigenvalue weighted by Crippen LogP contribution is 2.25. The van der Waals surface area contributed by atoms with Crippen molar-refractivity contribution in [3.63, 3.8) is 0 Å². The molecule has 114 valence electrons. The van der Waals surface area contributed by atoms with E-state index >= 15 is 0 Å². The maximum Gasteiger partial charge on any atom is 0.315 e. The van der Waals surface area contributed by atoms with Crippen molar-refractivity contribution in [3.05, 3.63) is 0 Å². The van der Waals surface area contributed by atoms with Crippen LogP contribution < -0.4 is 16.0 Å². The van der Waals surface area contributed by atoms with Gasteiger partial charge in [-0.05, 0) is 25.7 Å². The van der Waals surface area contributed by atoms with Crippen LogP contribution in [0, 0.1) is 5.41 Å². The number of amides is 3. The molecule has 0 saturated heterocycles. The van der Waals surface area contributed by atoms with E-state index in [1.165, 1.54) is 0 Å². The van der Waals surface area contributed by atoms with Gasteiger partial charge in [0.05, 0.1) is 12.0 Å². The van der Waals surface area contributed by atoms with Gasteiger partial charge in [-0.1, -0.05) is 13.8 Å². The Bertz CT molecular complexity index is 376. The molecule has 0 aliphatic heterocycles. The zero-order valence-electron chi connectivity index (χ0n) is 12.0. The van der Waals surface area contributed by atoms with Gasteiger partial charge in [0.1, 0.15) is 0 Å². The van der Waals surface area contributed by atoms with Crippen LogP contribution in [-0.4, -0.2) is 42.1 Å².